The molecule has 3 aromatic rings. The van der Waals surface area contributed by atoms with E-state index in [1.54, 1.807) is 7.05 Å². The first-order valence-electron chi connectivity index (χ1n) is 11.1. The Morgan fingerprint density at radius 3 is 2.64 bits per heavy atom. The predicted octanol–water partition coefficient (Wildman–Crippen LogP) is 1.88. The highest BCUT2D eigenvalue weighted by molar-refractivity contribution is 7.92. The summed E-state index contributed by atoms with van der Waals surface area (Å²) in [6.45, 7) is 3.59. The van der Waals surface area contributed by atoms with Gasteiger partial charge in [-0.2, -0.15) is 4.98 Å². The molecule has 2 fully saturated rings. The zero-order chi connectivity index (χ0) is 23.0. The van der Waals surface area contributed by atoms with Gasteiger partial charge in [-0.1, -0.05) is 12.1 Å². The molecule has 2 unspecified atom stereocenters. The topological polar surface area (TPSA) is 111 Å². The summed E-state index contributed by atoms with van der Waals surface area (Å²) in [6.07, 6.45) is 2.32. The van der Waals surface area contributed by atoms with Crippen LogP contribution in [0.5, 0.6) is 5.75 Å². The van der Waals surface area contributed by atoms with Crippen molar-refractivity contribution in [3.8, 4) is 11.7 Å². The zero-order valence-electron chi connectivity index (χ0n) is 18.8. The summed E-state index contributed by atoms with van der Waals surface area (Å²) in [5.74, 6) is 2.05. The largest absolute Gasteiger partial charge is 0.486 e. The lowest BCUT2D eigenvalue weighted by atomic mass is 10.1. The molecule has 4 heterocycles. The summed E-state index contributed by atoms with van der Waals surface area (Å²) in [5, 5.41) is 3.12. The van der Waals surface area contributed by atoms with Crippen molar-refractivity contribution in [1.29, 1.82) is 0 Å². The summed E-state index contributed by atoms with van der Waals surface area (Å²) < 4.78 is 38.5. The maximum Gasteiger partial charge on any atom is 0.239 e. The highest BCUT2D eigenvalue weighted by Gasteiger charge is 2.58. The summed E-state index contributed by atoms with van der Waals surface area (Å²) in [6, 6.07) is 7.81. The minimum Gasteiger partial charge on any atom is -0.486 e. The number of aromatic nitrogens is 4. The monoisotopic (exact) mass is 470 g/mol. The number of ether oxygens (including phenoxy) is 2. The Morgan fingerprint density at radius 1 is 1.12 bits per heavy atom. The smallest absolute Gasteiger partial charge is 0.239 e. The van der Waals surface area contributed by atoms with E-state index in [-0.39, 0.29) is 12.1 Å². The van der Waals surface area contributed by atoms with Crippen LogP contribution < -0.4 is 15.0 Å². The molecule has 1 aliphatic carbocycles. The van der Waals surface area contributed by atoms with Crippen molar-refractivity contribution >= 4 is 32.6 Å². The van der Waals surface area contributed by atoms with E-state index in [4.69, 9.17) is 19.4 Å². The molecular formula is C22H26N6O4S. The molecule has 10 nitrogen and oxygen atoms in total. The van der Waals surface area contributed by atoms with E-state index in [1.165, 1.54) is 6.26 Å². The molecule has 0 spiro atoms. The second kappa shape index (κ2) is 7.04. The Labute approximate surface area is 191 Å². The van der Waals surface area contributed by atoms with Crippen LogP contribution in [0.4, 0.5) is 11.8 Å². The normalized spacial score (nSPS) is 23.5. The summed E-state index contributed by atoms with van der Waals surface area (Å²) in [4.78, 5) is 16.7. The molecule has 2 aliphatic heterocycles. The lowest BCUT2D eigenvalue weighted by Gasteiger charge is -2.45. The number of benzene rings is 1. The zero-order valence-corrected chi connectivity index (χ0v) is 19.6. The van der Waals surface area contributed by atoms with Gasteiger partial charge in [0.05, 0.1) is 36.3 Å². The van der Waals surface area contributed by atoms with Crippen molar-refractivity contribution in [3.63, 3.8) is 0 Å². The number of fused-ring (bicyclic) bond motifs is 4. The molecule has 6 rings (SSSR count). The standard InChI is InChI=1S/C22H26N6O4S/c1-13-10-31-11-14-12-32-17-18(22(8-9-22)33(3,29)30)25-21(26-19(17)27(13)14)28-16-7-5-4-6-15(16)24-20(28)23-2/h4-7,13-14H,8-12H2,1-3H3,(H,23,24). The van der Waals surface area contributed by atoms with Crippen LogP contribution in [-0.2, 0) is 19.3 Å². The number of nitrogens with zero attached hydrogens (tertiary/aromatic N) is 5. The van der Waals surface area contributed by atoms with Crippen molar-refractivity contribution in [2.45, 2.75) is 36.6 Å². The molecule has 0 radical (unpaired) electrons. The molecule has 33 heavy (non-hydrogen) atoms. The number of nitrogens with one attached hydrogen (secondary N) is 1. The van der Waals surface area contributed by atoms with Crippen LogP contribution in [0.15, 0.2) is 24.3 Å². The van der Waals surface area contributed by atoms with Crippen LogP contribution in [0, 0.1) is 0 Å². The number of rotatable bonds is 4. The third kappa shape index (κ3) is 2.95. The quantitative estimate of drug-likeness (QED) is 0.611. The minimum atomic E-state index is -3.42. The molecule has 174 valence electrons. The van der Waals surface area contributed by atoms with Crippen LogP contribution in [0.2, 0.25) is 0 Å². The maximum atomic E-state index is 12.9. The highest BCUT2D eigenvalue weighted by atomic mass is 32.2. The molecule has 1 N–H and O–H groups in total. The molecule has 1 saturated heterocycles. The van der Waals surface area contributed by atoms with Gasteiger partial charge in [0, 0.05) is 13.3 Å². The van der Waals surface area contributed by atoms with Crippen LogP contribution in [0.25, 0.3) is 17.0 Å². The van der Waals surface area contributed by atoms with Crippen LogP contribution in [0.1, 0.15) is 25.5 Å². The first-order valence-corrected chi connectivity index (χ1v) is 13.0. The fourth-order valence-electron chi connectivity index (χ4n) is 5.02. The van der Waals surface area contributed by atoms with E-state index in [2.05, 4.69) is 22.1 Å². The number of imidazole rings is 1. The molecule has 2 atom stereocenters. The molecule has 1 saturated carbocycles. The summed E-state index contributed by atoms with van der Waals surface area (Å²) in [5.41, 5.74) is 2.07. The van der Waals surface area contributed by atoms with E-state index < -0.39 is 14.6 Å². The van der Waals surface area contributed by atoms with Crippen molar-refractivity contribution in [1.82, 2.24) is 19.5 Å². The fourth-order valence-corrected chi connectivity index (χ4v) is 6.35. The Kier molecular flexibility index (Phi) is 4.41. The van der Waals surface area contributed by atoms with Crippen molar-refractivity contribution in [2.75, 3.05) is 43.3 Å². The second-order valence-corrected chi connectivity index (χ2v) is 11.4. The van der Waals surface area contributed by atoms with E-state index in [1.807, 2.05) is 28.8 Å². The van der Waals surface area contributed by atoms with Gasteiger partial charge in [0.1, 0.15) is 17.0 Å². The highest BCUT2D eigenvalue weighted by Crippen LogP contribution is 2.56. The average molecular weight is 471 g/mol. The molecule has 0 amide bonds. The number of sulfone groups is 1. The van der Waals surface area contributed by atoms with Crippen molar-refractivity contribution in [2.24, 2.45) is 0 Å². The number of anilines is 2. The van der Waals surface area contributed by atoms with Gasteiger partial charge >= 0.3 is 0 Å². The number of hydrogen-bond donors (Lipinski definition) is 1. The van der Waals surface area contributed by atoms with Crippen molar-refractivity contribution < 1.29 is 17.9 Å². The Morgan fingerprint density at radius 2 is 1.91 bits per heavy atom. The fraction of sp³-hybridized carbons (Fsp3) is 0.500. The molecule has 3 aliphatic rings. The first kappa shape index (κ1) is 20.7. The van der Waals surface area contributed by atoms with Crippen LogP contribution in [-0.4, -0.2) is 73.1 Å². The Balaban J connectivity index is 1.65. The maximum absolute atomic E-state index is 12.9. The third-order valence-corrected chi connectivity index (χ3v) is 8.89. The summed E-state index contributed by atoms with van der Waals surface area (Å²) >= 11 is 0. The number of morpholine rings is 1. The Hall–Kier alpha value is -2.92. The molecule has 1 aromatic carbocycles. The minimum absolute atomic E-state index is 0.00791. The predicted molar refractivity (Wildman–Crippen MR) is 124 cm³/mol. The van der Waals surface area contributed by atoms with Gasteiger partial charge in [0.15, 0.2) is 21.4 Å². The van der Waals surface area contributed by atoms with Gasteiger partial charge in [-0.15, -0.1) is 0 Å². The van der Waals surface area contributed by atoms with Gasteiger partial charge in [-0.3, -0.25) is 0 Å². The molecule has 2 aromatic heterocycles. The van der Waals surface area contributed by atoms with Gasteiger partial charge < -0.3 is 19.7 Å². The lowest BCUT2D eigenvalue weighted by Crippen LogP contribution is -2.56. The van der Waals surface area contributed by atoms with Crippen LogP contribution >= 0.6 is 0 Å². The number of hydrogen-bond acceptors (Lipinski definition) is 9. The Bertz CT molecular complexity index is 1370. The van der Waals surface area contributed by atoms with Crippen LogP contribution in [0.3, 0.4) is 0 Å². The third-order valence-electron chi connectivity index (χ3n) is 6.87. The lowest BCUT2D eigenvalue weighted by molar-refractivity contribution is 0.0483. The molecular weight excluding hydrogens is 444 g/mol. The number of para-hydroxylation sites is 2. The van der Waals surface area contributed by atoms with E-state index in [0.717, 1.165) is 11.0 Å². The molecule has 11 heteroatoms. The van der Waals surface area contributed by atoms with Gasteiger partial charge in [-0.05, 0) is 31.9 Å². The molecule has 0 bridgehead atoms. The first-order chi connectivity index (χ1) is 15.8. The second-order valence-electron chi connectivity index (χ2n) is 9.06. The van der Waals surface area contributed by atoms with Gasteiger partial charge in [-0.25, -0.2) is 23.0 Å². The van der Waals surface area contributed by atoms with E-state index in [0.29, 0.717) is 61.8 Å². The van der Waals surface area contributed by atoms with Gasteiger partial charge in [0.25, 0.3) is 0 Å². The van der Waals surface area contributed by atoms with Gasteiger partial charge in [0.2, 0.25) is 11.9 Å². The van der Waals surface area contributed by atoms with Crippen molar-refractivity contribution in [3.05, 3.63) is 30.0 Å². The summed E-state index contributed by atoms with van der Waals surface area (Å²) in [7, 11) is -1.63. The van der Waals surface area contributed by atoms with E-state index in [9.17, 15) is 8.42 Å². The SMILES string of the molecule is CNc1nc2ccccc2n1-c1nc2c(c(C3(S(C)(=O)=O)CC3)n1)OCC1COCC(C)N21. The van der Waals surface area contributed by atoms with E-state index >= 15 is 0 Å². The average Bonchev–Trinajstić information content (AvgIpc) is 3.53.